The fourth-order valence-corrected chi connectivity index (χ4v) is 4.38. The monoisotopic (exact) mass is 394 g/mol. The Balaban J connectivity index is 1.53. The summed E-state index contributed by atoms with van der Waals surface area (Å²) in [7, 11) is 0. The van der Waals surface area contributed by atoms with Gasteiger partial charge in [-0.2, -0.15) is 0 Å². The molecule has 3 heterocycles. The zero-order valence-electron chi connectivity index (χ0n) is 14.8. The first-order valence-corrected chi connectivity index (χ1v) is 10.5. The lowest BCUT2D eigenvalue weighted by Gasteiger charge is -2.11. The molecule has 0 saturated carbocycles. The van der Waals surface area contributed by atoms with Crippen LogP contribution in [0.15, 0.2) is 71.5 Å². The number of hydrogen-bond donors (Lipinski definition) is 0. The molecule has 0 amide bonds. The standard InChI is InChI=1S/C20H18N4OS2/c1-2-24-19(18-10-6-12-26-18)22-23-20(24)27-14-15-7-3-4-9-17(15)25-16-8-5-11-21-13-16/h3-13H,2,14H2,1H3. The second-order valence-electron chi connectivity index (χ2n) is 5.71. The van der Waals surface area contributed by atoms with E-state index < -0.39 is 0 Å². The van der Waals surface area contributed by atoms with Gasteiger partial charge in [0.15, 0.2) is 11.0 Å². The van der Waals surface area contributed by atoms with Gasteiger partial charge in [0.25, 0.3) is 0 Å². The fraction of sp³-hybridized carbons (Fsp3) is 0.150. The maximum atomic E-state index is 6.00. The van der Waals surface area contributed by atoms with E-state index in [9.17, 15) is 0 Å². The van der Waals surface area contributed by atoms with Crippen molar-refractivity contribution in [3.8, 4) is 22.2 Å². The van der Waals surface area contributed by atoms with Crippen LogP contribution < -0.4 is 4.74 Å². The molecule has 136 valence electrons. The van der Waals surface area contributed by atoms with Gasteiger partial charge in [0.2, 0.25) is 0 Å². The molecule has 0 spiro atoms. The molecule has 1 aromatic carbocycles. The van der Waals surface area contributed by atoms with E-state index in [1.54, 1.807) is 35.5 Å². The Morgan fingerprint density at radius 2 is 2.00 bits per heavy atom. The van der Waals surface area contributed by atoms with Gasteiger partial charge >= 0.3 is 0 Å². The molecule has 0 aliphatic rings. The van der Waals surface area contributed by atoms with Crippen molar-refractivity contribution in [1.29, 1.82) is 0 Å². The fourth-order valence-electron chi connectivity index (χ4n) is 2.67. The van der Waals surface area contributed by atoms with Crippen LogP contribution >= 0.6 is 23.1 Å². The Hall–Kier alpha value is -2.64. The summed E-state index contributed by atoms with van der Waals surface area (Å²) >= 11 is 3.34. The van der Waals surface area contributed by atoms with E-state index in [-0.39, 0.29) is 0 Å². The number of pyridine rings is 1. The molecule has 4 aromatic rings. The predicted octanol–water partition coefficient (Wildman–Crippen LogP) is 5.51. The summed E-state index contributed by atoms with van der Waals surface area (Å²) in [5.74, 6) is 3.24. The van der Waals surface area contributed by atoms with Crippen LogP contribution in [0, 0.1) is 0 Å². The number of benzene rings is 1. The molecule has 0 N–H and O–H groups in total. The highest BCUT2D eigenvalue weighted by atomic mass is 32.2. The highest BCUT2D eigenvalue weighted by Gasteiger charge is 2.15. The summed E-state index contributed by atoms with van der Waals surface area (Å²) in [5, 5.41) is 11.8. The number of thiophene rings is 1. The van der Waals surface area contributed by atoms with Crippen LogP contribution in [-0.2, 0) is 12.3 Å². The van der Waals surface area contributed by atoms with Gasteiger partial charge < -0.3 is 9.30 Å². The molecule has 0 aliphatic carbocycles. The van der Waals surface area contributed by atoms with E-state index in [2.05, 4.69) is 44.2 Å². The first-order chi connectivity index (χ1) is 13.3. The summed E-state index contributed by atoms with van der Waals surface area (Å²) in [4.78, 5) is 5.24. The summed E-state index contributed by atoms with van der Waals surface area (Å²) < 4.78 is 8.16. The van der Waals surface area contributed by atoms with Crippen molar-refractivity contribution < 1.29 is 4.74 Å². The Bertz CT molecular complexity index is 1000. The maximum Gasteiger partial charge on any atom is 0.191 e. The molecule has 27 heavy (non-hydrogen) atoms. The first-order valence-electron chi connectivity index (χ1n) is 8.61. The quantitative estimate of drug-likeness (QED) is 0.387. The first kappa shape index (κ1) is 17.8. The molecule has 3 aromatic heterocycles. The van der Waals surface area contributed by atoms with Crippen molar-refractivity contribution >= 4 is 23.1 Å². The molecule has 0 radical (unpaired) electrons. The third-order valence-electron chi connectivity index (χ3n) is 3.97. The van der Waals surface area contributed by atoms with Gasteiger partial charge in [0.1, 0.15) is 11.5 Å². The van der Waals surface area contributed by atoms with Crippen molar-refractivity contribution in [3.63, 3.8) is 0 Å². The molecule has 0 unspecified atom stereocenters. The number of hydrogen-bond acceptors (Lipinski definition) is 6. The van der Waals surface area contributed by atoms with Crippen molar-refractivity contribution in [3.05, 3.63) is 71.9 Å². The third kappa shape index (κ3) is 4.04. The van der Waals surface area contributed by atoms with Gasteiger partial charge in [0, 0.05) is 24.1 Å². The van der Waals surface area contributed by atoms with E-state index in [0.717, 1.165) is 45.2 Å². The molecule has 5 nitrogen and oxygen atoms in total. The van der Waals surface area contributed by atoms with Crippen molar-refractivity contribution in [2.45, 2.75) is 24.4 Å². The van der Waals surface area contributed by atoms with Gasteiger partial charge in [-0.1, -0.05) is 36.0 Å². The van der Waals surface area contributed by atoms with E-state index in [4.69, 9.17) is 4.74 Å². The minimum Gasteiger partial charge on any atom is -0.455 e. The van der Waals surface area contributed by atoms with Gasteiger partial charge in [-0.15, -0.1) is 21.5 Å². The predicted molar refractivity (Wildman–Crippen MR) is 109 cm³/mol. The van der Waals surface area contributed by atoms with Gasteiger partial charge in [-0.25, -0.2) is 0 Å². The largest absolute Gasteiger partial charge is 0.455 e. The number of rotatable bonds is 7. The van der Waals surface area contributed by atoms with E-state index in [0.29, 0.717) is 0 Å². The zero-order valence-corrected chi connectivity index (χ0v) is 16.4. The number of para-hydroxylation sites is 1. The van der Waals surface area contributed by atoms with Crippen LogP contribution in [0.1, 0.15) is 12.5 Å². The van der Waals surface area contributed by atoms with Crippen molar-refractivity contribution in [2.24, 2.45) is 0 Å². The minimum absolute atomic E-state index is 0.728. The number of ether oxygens (including phenoxy) is 1. The molecular weight excluding hydrogens is 376 g/mol. The topological polar surface area (TPSA) is 52.8 Å². The second kappa shape index (κ2) is 8.37. The number of aromatic nitrogens is 4. The van der Waals surface area contributed by atoms with E-state index in [1.807, 2.05) is 36.4 Å². The molecule has 0 saturated heterocycles. The Labute approximate surface area is 166 Å². The summed E-state index contributed by atoms with van der Waals surface area (Å²) in [6.45, 7) is 2.94. The Morgan fingerprint density at radius 3 is 2.78 bits per heavy atom. The molecule has 0 atom stereocenters. The Kier molecular flexibility index (Phi) is 5.50. The Morgan fingerprint density at radius 1 is 1.07 bits per heavy atom. The normalized spacial score (nSPS) is 10.9. The van der Waals surface area contributed by atoms with E-state index >= 15 is 0 Å². The second-order valence-corrected chi connectivity index (χ2v) is 7.61. The molecule has 4 rings (SSSR count). The lowest BCUT2D eigenvalue weighted by atomic mass is 10.2. The molecule has 0 bridgehead atoms. The molecule has 7 heteroatoms. The summed E-state index contributed by atoms with van der Waals surface area (Å²) in [6, 6.07) is 15.9. The highest BCUT2D eigenvalue weighted by molar-refractivity contribution is 7.98. The smallest absolute Gasteiger partial charge is 0.191 e. The van der Waals surface area contributed by atoms with Crippen LogP contribution in [0.4, 0.5) is 0 Å². The lowest BCUT2D eigenvalue weighted by Crippen LogP contribution is -1.99. The third-order valence-corrected chi connectivity index (χ3v) is 5.85. The van der Waals surface area contributed by atoms with Crippen LogP contribution in [0.2, 0.25) is 0 Å². The molecule has 0 fully saturated rings. The van der Waals surface area contributed by atoms with Gasteiger partial charge in [-0.3, -0.25) is 4.98 Å². The number of nitrogens with zero attached hydrogens (tertiary/aromatic N) is 4. The summed E-state index contributed by atoms with van der Waals surface area (Å²) in [6.07, 6.45) is 3.45. The van der Waals surface area contributed by atoms with Crippen LogP contribution in [0.25, 0.3) is 10.7 Å². The van der Waals surface area contributed by atoms with Gasteiger partial charge in [-0.05, 0) is 36.6 Å². The van der Waals surface area contributed by atoms with Gasteiger partial charge in [0.05, 0.1) is 11.1 Å². The minimum atomic E-state index is 0.728. The van der Waals surface area contributed by atoms with Crippen molar-refractivity contribution in [2.75, 3.05) is 0 Å². The SMILES string of the molecule is CCn1c(SCc2ccccc2Oc2cccnc2)nnc1-c1cccs1. The van der Waals surface area contributed by atoms with E-state index in [1.165, 1.54) is 0 Å². The summed E-state index contributed by atoms with van der Waals surface area (Å²) in [5.41, 5.74) is 1.11. The average molecular weight is 395 g/mol. The zero-order chi connectivity index (χ0) is 18.5. The van der Waals surface area contributed by atoms with Crippen molar-refractivity contribution in [1.82, 2.24) is 19.7 Å². The lowest BCUT2D eigenvalue weighted by molar-refractivity contribution is 0.476. The van der Waals surface area contributed by atoms with Crippen LogP contribution in [0.3, 0.4) is 0 Å². The molecular formula is C20H18N4OS2. The highest BCUT2D eigenvalue weighted by Crippen LogP contribution is 2.32. The molecule has 0 aliphatic heterocycles. The van der Waals surface area contributed by atoms with Crippen LogP contribution in [-0.4, -0.2) is 19.7 Å². The maximum absolute atomic E-state index is 6.00. The number of thioether (sulfide) groups is 1. The van der Waals surface area contributed by atoms with Crippen LogP contribution in [0.5, 0.6) is 11.5 Å². The average Bonchev–Trinajstić information content (AvgIpc) is 3.37.